The summed E-state index contributed by atoms with van der Waals surface area (Å²) in [6.45, 7) is 10.4. The molecular formula is C21H26N4O2S. The predicted molar refractivity (Wildman–Crippen MR) is 113 cm³/mol. The number of aromatic nitrogens is 1. The van der Waals surface area contributed by atoms with Crippen LogP contribution in [0.4, 0.5) is 0 Å². The fraction of sp³-hybridized carbons (Fsp3) is 0.429. The van der Waals surface area contributed by atoms with Gasteiger partial charge in [0, 0.05) is 49.5 Å². The maximum atomic E-state index is 12.5. The Morgan fingerprint density at radius 2 is 2.07 bits per heavy atom. The number of furan rings is 1. The Morgan fingerprint density at radius 1 is 1.29 bits per heavy atom. The number of para-hydroxylation sites is 1. The number of amides is 1. The molecule has 1 N–H and O–H groups in total. The number of likely N-dealkylation sites (N-methyl/N-ethyl adjacent to an activating group) is 1. The van der Waals surface area contributed by atoms with E-state index >= 15 is 0 Å². The molecule has 148 valence electrons. The zero-order valence-corrected chi connectivity index (χ0v) is 17.2. The van der Waals surface area contributed by atoms with Crippen molar-refractivity contribution in [1.29, 1.82) is 0 Å². The number of thiazole rings is 1. The highest BCUT2D eigenvalue weighted by molar-refractivity contribution is 7.13. The second-order valence-electron chi connectivity index (χ2n) is 7.22. The first-order chi connectivity index (χ1) is 13.6. The molecule has 0 radical (unpaired) electrons. The van der Waals surface area contributed by atoms with Crippen molar-refractivity contribution in [3.05, 3.63) is 41.4 Å². The lowest BCUT2D eigenvalue weighted by Crippen LogP contribution is -2.52. The van der Waals surface area contributed by atoms with Gasteiger partial charge in [-0.1, -0.05) is 25.1 Å². The fourth-order valence-electron chi connectivity index (χ4n) is 3.56. The second-order valence-corrected chi connectivity index (χ2v) is 8.07. The lowest BCUT2D eigenvalue weighted by Gasteiger charge is -2.37. The first kappa shape index (κ1) is 19.1. The average Bonchev–Trinajstić information content (AvgIpc) is 3.38. The number of rotatable bonds is 6. The molecule has 0 spiro atoms. The number of nitrogens with zero attached hydrogens (tertiary/aromatic N) is 3. The largest absolute Gasteiger partial charge is 0.454 e. The van der Waals surface area contributed by atoms with Gasteiger partial charge in [-0.15, -0.1) is 11.3 Å². The Labute approximate surface area is 169 Å². The molecule has 1 saturated heterocycles. The van der Waals surface area contributed by atoms with Crippen molar-refractivity contribution in [2.45, 2.75) is 19.9 Å². The Kier molecular flexibility index (Phi) is 5.75. The lowest BCUT2D eigenvalue weighted by atomic mass is 10.2. The first-order valence-electron chi connectivity index (χ1n) is 9.83. The van der Waals surface area contributed by atoms with Gasteiger partial charge in [0.15, 0.2) is 10.8 Å². The molecule has 1 amide bonds. The summed E-state index contributed by atoms with van der Waals surface area (Å²) >= 11 is 1.43. The van der Waals surface area contributed by atoms with Crippen LogP contribution in [0.1, 0.15) is 24.3 Å². The minimum atomic E-state index is -0.127. The van der Waals surface area contributed by atoms with Crippen molar-refractivity contribution >= 4 is 28.2 Å². The van der Waals surface area contributed by atoms with E-state index in [4.69, 9.17) is 4.42 Å². The zero-order chi connectivity index (χ0) is 19.5. The Bertz CT molecular complexity index is 910. The van der Waals surface area contributed by atoms with Crippen molar-refractivity contribution in [3.63, 3.8) is 0 Å². The first-order valence-corrected chi connectivity index (χ1v) is 10.7. The quantitative estimate of drug-likeness (QED) is 0.690. The molecule has 7 heteroatoms. The van der Waals surface area contributed by atoms with Crippen LogP contribution >= 0.6 is 11.3 Å². The molecule has 0 bridgehead atoms. The average molecular weight is 399 g/mol. The van der Waals surface area contributed by atoms with Crippen LogP contribution in [-0.2, 0) is 0 Å². The van der Waals surface area contributed by atoms with Gasteiger partial charge in [0.25, 0.3) is 5.91 Å². The smallest absolute Gasteiger partial charge is 0.270 e. The maximum absolute atomic E-state index is 12.5. The molecule has 1 aromatic carbocycles. The summed E-state index contributed by atoms with van der Waals surface area (Å²) in [5.74, 6) is 0.574. The number of hydrogen-bond acceptors (Lipinski definition) is 6. The molecular weight excluding hydrogens is 372 g/mol. The van der Waals surface area contributed by atoms with Gasteiger partial charge >= 0.3 is 0 Å². The lowest BCUT2D eigenvalue weighted by molar-refractivity contribution is 0.0879. The molecule has 3 aromatic rings. The number of hydrogen-bond donors (Lipinski definition) is 1. The highest BCUT2D eigenvalue weighted by Crippen LogP contribution is 2.29. The highest BCUT2D eigenvalue weighted by atomic mass is 32.1. The SMILES string of the molecule is CCN1CCN(C(C)CNC(=O)c2csc(-c3cc4ccccc4o3)n2)CC1. The van der Waals surface area contributed by atoms with Gasteiger partial charge in [-0.25, -0.2) is 4.98 Å². The molecule has 0 saturated carbocycles. The van der Waals surface area contributed by atoms with Crippen molar-refractivity contribution in [1.82, 2.24) is 20.1 Å². The van der Waals surface area contributed by atoms with E-state index in [9.17, 15) is 4.79 Å². The molecule has 0 aliphatic carbocycles. The summed E-state index contributed by atoms with van der Waals surface area (Å²) in [7, 11) is 0. The summed E-state index contributed by atoms with van der Waals surface area (Å²) in [6.07, 6.45) is 0. The van der Waals surface area contributed by atoms with E-state index in [0.717, 1.165) is 48.7 Å². The Morgan fingerprint density at radius 3 is 2.82 bits per heavy atom. The normalized spacial score (nSPS) is 17.1. The van der Waals surface area contributed by atoms with Crippen LogP contribution in [0, 0.1) is 0 Å². The summed E-state index contributed by atoms with van der Waals surface area (Å²) < 4.78 is 5.85. The second kappa shape index (κ2) is 8.43. The monoisotopic (exact) mass is 398 g/mol. The number of carbonyl (C=O) groups excluding carboxylic acids is 1. The number of benzene rings is 1. The molecule has 1 fully saturated rings. The number of carbonyl (C=O) groups is 1. The molecule has 1 aliphatic heterocycles. The fourth-order valence-corrected chi connectivity index (χ4v) is 4.31. The molecule has 1 atom stereocenters. The number of fused-ring (bicyclic) bond motifs is 1. The van der Waals surface area contributed by atoms with Crippen molar-refractivity contribution < 1.29 is 9.21 Å². The van der Waals surface area contributed by atoms with Crippen LogP contribution in [0.5, 0.6) is 0 Å². The van der Waals surface area contributed by atoms with Crippen molar-refractivity contribution in [2.24, 2.45) is 0 Å². The molecule has 28 heavy (non-hydrogen) atoms. The molecule has 2 aromatic heterocycles. The zero-order valence-electron chi connectivity index (χ0n) is 16.4. The molecule has 3 heterocycles. The van der Waals surface area contributed by atoms with Crippen molar-refractivity contribution in [3.8, 4) is 10.8 Å². The molecule has 1 aliphatic rings. The van der Waals surface area contributed by atoms with E-state index in [1.807, 2.05) is 30.3 Å². The van der Waals surface area contributed by atoms with Gasteiger partial charge in [0.05, 0.1) is 0 Å². The van der Waals surface area contributed by atoms with Crippen LogP contribution in [0.25, 0.3) is 21.7 Å². The Hall–Kier alpha value is -2.22. The maximum Gasteiger partial charge on any atom is 0.270 e. The van der Waals surface area contributed by atoms with E-state index in [1.165, 1.54) is 11.3 Å². The minimum absolute atomic E-state index is 0.127. The van der Waals surface area contributed by atoms with E-state index < -0.39 is 0 Å². The standard InChI is InChI=1S/C21H26N4O2S/c1-3-24-8-10-25(11-9-24)15(2)13-22-20(26)17-14-28-21(23-17)19-12-16-6-4-5-7-18(16)27-19/h4-7,12,14-15H,3,8-11,13H2,1-2H3,(H,22,26). The summed E-state index contributed by atoms with van der Waals surface area (Å²) in [5.41, 5.74) is 1.28. The summed E-state index contributed by atoms with van der Waals surface area (Å²) in [4.78, 5) is 21.9. The van der Waals surface area contributed by atoms with Gasteiger partial charge in [-0.2, -0.15) is 0 Å². The summed E-state index contributed by atoms with van der Waals surface area (Å²) in [5, 5.41) is 6.59. The minimum Gasteiger partial charge on any atom is -0.454 e. The van der Waals surface area contributed by atoms with Gasteiger partial charge < -0.3 is 14.6 Å². The molecule has 4 rings (SSSR count). The van der Waals surface area contributed by atoms with Crippen molar-refractivity contribution in [2.75, 3.05) is 39.3 Å². The van der Waals surface area contributed by atoms with Gasteiger partial charge in [-0.3, -0.25) is 9.69 Å². The van der Waals surface area contributed by atoms with Crippen LogP contribution in [-0.4, -0.2) is 66.0 Å². The number of piperazine rings is 1. The van der Waals surface area contributed by atoms with Gasteiger partial charge in [0.2, 0.25) is 0 Å². The van der Waals surface area contributed by atoms with E-state index in [0.29, 0.717) is 24.0 Å². The highest BCUT2D eigenvalue weighted by Gasteiger charge is 2.21. The van der Waals surface area contributed by atoms with Gasteiger partial charge in [0.1, 0.15) is 11.3 Å². The van der Waals surface area contributed by atoms with Crippen LogP contribution < -0.4 is 5.32 Å². The Balaban J connectivity index is 1.34. The molecule has 6 nitrogen and oxygen atoms in total. The third kappa shape index (κ3) is 4.11. The van der Waals surface area contributed by atoms with E-state index in [-0.39, 0.29) is 5.91 Å². The van der Waals surface area contributed by atoms with Crippen LogP contribution in [0.15, 0.2) is 40.1 Å². The van der Waals surface area contributed by atoms with Crippen LogP contribution in [0.2, 0.25) is 0 Å². The third-order valence-electron chi connectivity index (χ3n) is 5.41. The topological polar surface area (TPSA) is 61.6 Å². The third-order valence-corrected chi connectivity index (χ3v) is 6.27. The van der Waals surface area contributed by atoms with E-state index in [2.05, 4.69) is 33.9 Å². The number of nitrogens with one attached hydrogen (secondary N) is 1. The summed E-state index contributed by atoms with van der Waals surface area (Å²) in [6, 6.07) is 10.1. The van der Waals surface area contributed by atoms with E-state index in [1.54, 1.807) is 5.38 Å². The molecule has 1 unspecified atom stereocenters. The van der Waals surface area contributed by atoms with Crippen LogP contribution in [0.3, 0.4) is 0 Å². The predicted octanol–water partition coefficient (Wildman–Crippen LogP) is 3.31. The van der Waals surface area contributed by atoms with Gasteiger partial charge in [-0.05, 0) is 25.6 Å².